The van der Waals surface area contributed by atoms with E-state index in [1.54, 1.807) is 0 Å². The lowest BCUT2D eigenvalue weighted by atomic mass is 9.86. The van der Waals surface area contributed by atoms with Crippen molar-refractivity contribution in [2.24, 2.45) is 0 Å². The maximum absolute atomic E-state index is 10.1. The molecule has 0 aliphatic rings. The Kier molecular flexibility index (Phi) is 13.6. The SMILES string of the molecule is CC.CC(C)(C)c1ccc(-c2ccc(-c3ccc4c(c3)sc3nc(C#N)nc(C#N)c34)cc2)cc1.N#Cc1nc(C#N)c2c(oc3ccc(-c4cccc(-c5ccc6c7ccccc7c7ccccc7c6c5)c4)cc32)c1-c1ccccc1. The van der Waals surface area contributed by atoms with Crippen LogP contribution in [0, 0.1) is 45.3 Å². The van der Waals surface area contributed by atoms with Crippen LogP contribution in [0.15, 0.2) is 211 Å². The number of rotatable bonds is 5. The second-order valence-corrected chi connectivity index (χ2v) is 21.8. The molecule has 14 rings (SSSR count). The number of benzene rings is 10. The van der Waals surface area contributed by atoms with Crippen LogP contribution >= 0.6 is 11.3 Å². The van der Waals surface area contributed by atoms with E-state index in [4.69, 9.17) is 9.68 Å². The first-order chi connectivity index (χ1) is 40.1. The molecule has 14 aromatic rings. The Morgan fingerprint density at radius 2 is 0.841 bits per heavy atom. The van der Waals surface area contributed by atoms with Gasteiger partial charge in [0.2, 0.25) is 5.82 Å². The van der Waals surface area contributed by atoms with Crippen LogP contribution in [-0.4, -0.2) is 15.0 Å². The van der Waals surface area contributed by atoms with Gasteiger partial charge in [0.15, 0.2) is 17.1 Å². The number of furan rings is 1. The smallest absolute Gasteiger partial charge is 0.234 e. The van der Waals surface area contributed by atoms with Gasteiger partial charge in [0.1, 0.15) is 40.3 Å². The van der Waals surface area contributed by atoms with Crippen LogP contribution in [0.1, 0.15) is 63.1 Å². The number of fused-ring (bicyclic) bond motifs is 12. The highest BCUT2D eigenvalue weighted by molar-refractivity contribution is 7.25. The highest BCUT2D eigenvalue weighted by Gasteiger charge is 2.23. The lowest BCUT2D eigenvalue weighted by Crippen LogP contribution is -2.10. The standard InChI is InChI=1S/C43H23N3O.C28H20N4S.C2H6/c44-24-38-41(26-9-2-1-3-10-26)43-42(39(25-45)46-38)37-23-30(18-20-40(37)47-43)28-12-8-11-27(21-28)29-17-19-35-33-15-5-4-13-31(33)32-14-6-7-16-34(32)36(35)22-29;1-28(2,3)21-11-8-18(9-12-21)17-4-6-19(7-5-17)20-10-13-22-24(14-20)33-27-26(22)23(15-29)31-25(16-30)32-27;1-2/h1-23H;4-14H,1-3H3;1-2H3. The van der Waals surface area contributed by atoms with E-state index in [2.05, 4.69) is 212 Å². The first kappa shape index (κ1) is 51.9. The molecule has 0 unspecified atom stereocenters. The molecular weight excluding hydrogens is 1020 g/mol. The van der Waals surface area contributed by atoms with Crippen molar-refractivity contribution in [2.75, 3.05) is 0 Å². The van der Waals surface area contributed by atoms with Crippen molar-refractivity contribution in [1.29, 1.82) is 21.0 Å². The van der Waals surface area contributed by atoms with E-state index in [1.807, 2.05) is 68.4 Å². The zero-order valence-corrected chi connectivity index (χ0v) is 46.4. The van der Waals surface area contributed by atoms with Crippen LogP contribution in [0.2, 0.25) is 0 Å². The first-order valence-electron chi connectivity index (χ1n) is 27.0. The van der Waals surface area contributed by atoms with E-state index < -0.39 is 0 Å². The summed E-state index contributed by atoms with van der Waals surface area (Å²) in [6, 6.07) is 80.1. The van der Waals surface area contributed by atoms with E-state index in [0.29, 0.717) is 26.9 Å². The van der Waals surface area contributed by atoms with Crippen LogP contribution in [0.4, 0.5) is 0 Å². The highest BCUT2D eigenvalue weighted by Crippen LogP contribution is 2.43. The Hall–Kier alpha value is -10.8. The fourth-order valence-electron chi connectivity index (χ4n) is 11.0. The molecule has 0 saturated carbocycles. The molecule has 0 fully saturated rings. The van der Waals surface area contributed by atoms with Gasteiger partial charge in [-0.25, -0.2) is 15.0 Å². The van der Waals surface area contributed by atoms with Gasteiger partial charge in [0.25, 0.3) is 0 Å². The monoisotopic (exact) mass is 1070 g/mol. The third-order valence-corrected chi connectivity index (χ3v) is 16.0. The quantitative estimate of drug-likeness (QED) is 0.155. The number of aromatic nitrogens is 3. The van der Waals surface area contributed by atoms with Gasteiger partial charge in [-0.1, -0.05) is 211 Å². The minimum absolute atomic E-state index is 0.0250. The summed E-state index contributed by atoms with van der Waals surface area (Å²) in [4.78, 5) is 13.5. The predicted octanol–water partition coefficient (Wildman–Crippen LogP) is 19.4. The number of nitrogens with zero attached hydrogens (tertiary/aromatic N) is 7. The van der Waals surface area contributed by atoms with E-state index in [0.717, 1.165) is 59.8 Å². The topological polar surface area (TPSA) is 147 Å². The summed E-state index contributed by atoms with van der Waals surface area (Å²) in [6.07, 6.45) is 0. The molecule has 0 N–H and O–H groups in total. The van der Waals surface area contributed by atoms with Crippen molar-refractivity contribution < 1.29 is 4.42 Å². The molecule has 4 heterocycles. The van der Waals surface area contributed by atoms with Crippen molar-refractivity contribution in [3.05, 3.63) is 235 Å². The number of nitriles is 4. The summed E-state index contributed by atoms with van der Waals surface area (Å²) in [5, 5.41) is 49.2. The predicted molar refractivity (Wildman–Crippen MR) is 335 cm³/mol. The molecule has 9 heteroatoms. The Labute approximate surface area is 478 Å². The third kappa shape index (κ3) is 9.28. The lowest BCUT2D eigenvalue weighted by Gasteiger charge is -2.19. The Balaban J connectivity index is 0.000000167. The van der Waals surface area contributed by atoms with E-state index in [-0.39, 0.29) is 28.3 Å². The van der Waals surface area contributed by atoms with Gasteiger partial charge in [0.05, 0.1) is 16.3 Å². The van der Waals surface area contributed by atoms with Gasteiger partial charge >= 0.3 is 0 Å². The van der Waals surface area contributed by atoms with Gasteiger partial charge in [-0.05, 0) is 124 Å². The molecule has 0 spiro atoms. The fourth-order valence-corrected chi connectivity index (χ4v) is 12.1. The van der Waals surface area contributed by atoms with Crippen molar-refractivity contribution in [3.8, 4) is 79.9 Å². The van der Waals surface area contributed by atoms with Crippen molar-refractivity contribution in [1.82, 2.24) is 15.0 Å². The molecule has 0 atom stereocenters. The maximum atomic E-state index is 10.1. The summed E-state index contributed by atoms with van der Waals surface area (Å²) in [7, 11) is 0. The van der Waals surface area contributed by atoms with Crippen LogP contribution in [0.25, 0.3) is 130 Å². The zero-order chi connectivity index (χ0) is 56.6. The van der Waals surface area contributed by atoms with E-state index >= 15 is 0 Å². The van der Waals surface area contributed by atoms with E-state index in [1.165, 1.54) is 60.3 Å². The molecule has 388 valence electrons. The molecule has 4 aromatic heterocycles. The van der Waals surface area contributed by atoms with Crippen molar-refractivity contribution >= 4 is 85.9 Å². The number of hydrogen-bond donors (Lipinski definition) is 0. The van der Waals surface area contributed by atoms with Crippen LogP contribution in [0.5, 0.6) is 0 Å². The molecule has 0 bridgehead atoms. The Bertz CT molecular complexity index is 4990. The molecule has 0 saturated heterocycles. The number of thiophene rings is 1. The minimum Gasteiger partial charge on any atom is -0.455 e. The number of hydrogen-bond acceptors (Lipinski definition) is 9. The second-order valence-electron chi connectivity index (χ2n) is 20.7. The highest BCUT2D eigenvalue weighted by atomic mass is 32.1. The summed E-state index contributed by atoms with van der Waals surface area (Å²) < 4.78 is 7.39. The Morgan fingerprint density at radius 1 is 0.378 bits per heavy atom. The number of pyridine rings is 1. The summed E-state index contributed by atoms with van der Waals surface area (Å²) in [6.45, 7) is 10.7. The average Bonchev–Trinajstić information content (AvgIpc) is 3.41. The first-order valence-corrected chi connectivity index (χ1v) is 27.9. The van der Waals surface area contributed by atoms with Gasteiger partial charge in [-0.2, -0.15) is 21.0 Å². The molecule has 0 aliphatic carbocycles. The molecule has 0 amide bonds. The summed E-state index contributed by atoms with van der Waals surface area (Å²) in [5.74, 6) is 0.0250. The zero-order valence-electron chi connectivity index (χ0n) is 45.6. The van der Waals surface area contributed by atoms with Gasteiger partial charge < -0.3 is 4.42 Å². The van der Waals surface area contributed by atoms with Gasteiger partial charge in [0, 0.05) is 15.5 Å². The summed E-state index contributed by atoms with van der Waals surface area (Å²) >= 11 is 1.48. The third-order valence-electron chi connectivity index (χ3n) is 15.0. The molecule has 8 nitrogen and oxygen atoms in total. The maximum Gasteiger partial charge on any atom is 0.234 e. The largest absolute Gasteiger partial charge is 0.455 e. The Morgan fingerprint density at radius 3 is 1.43 bits per heavy atom. The van der Waals surface area contributed by atoms with Gasteiger partial charge in [-0.3, -0.25) is 0 Å². The van der Waals surface area contributed by atoms with Crippen molar-refractivity contribution in [3.63, 3.8) is 0 Å². The average molecular weight is 1070 g/mol. The second kappa shape index (κ2) is 21.4. The normalized spacial score (nSPS) is 11.2. The molecule has 82 heavy (non-hydrogen) atoms. The van der Waals surface area contributed by atoms with Gasteiger partial charge in [-0.15, -0.1) is 11.3 Å². The minimum atomic E-state index is 0.0250. The van der Waals surface area contributed by atoms with Crippen molar-refractivity contribution in [2.45, 2.75) is 40.0 Å². The van der Waals surface area contributed by atoms with Crippen LogP contribution < -0.4 is 0 Å². The molecule has 10 aromatic carbocycles. The molecule has 0 radical (unpaired) electrons. The summed E-state index contributed by atoms with van der Waals surface area (Å²) in [5.41, 5.74) is 13.5. The molecule has 0 aliphatic heterocycles. The lowest BCUT2D eigenvalue weighted by molar-refractivity contribution is 0.590. The van der Waals surface area contributed by atoms with E-state index in [9.17, 15) is 15.8 Å². The van der Waals surface area contributed by atoms with Crippen LogP contribution in [0.3, 0.4) is 0 Å². The molecular formula is C73H49N7OS. The fraction of sp³-hybridized carbons (Fsp3) is 0.0822. The van der Waals surface area contributed by atoms with Crippen LogP contribution in [-0.2, 0) is 5.41 Å².